The Hall–Kier alpha value is -1.14. The Labute approximate surface area is 218 Å². The Morgan fingerprint density at radius 3 is 2.31 bits per heavy atom. The van der Waals surface area contributed by atoms with Crippen LogP contribution in [0.25, 0.3) is 0 Å². The molecule has 0 aromatic carbocycles. The third-order valence-electron chi connectivity index (χ3n) is 11.7. The average molecular weight is 506 g/mol. The van der Waals surface area contributed by atoms with Gasteiger partial charge in [-0.1, -0.05) is 34.6 Å². The van der Waals surface area contributed by atoms with Crippen LogP contribution in [0.1, 0.15) is 98.8 Å². The molecule has 4 aliphatic carbocycles. The van der Waals surface area contributed by atoms with Gasteiger partial charge in [-0.05, 0) is 110 Å². The van der Waals surface area contributed by atoms with Crippen molar-refractivity contribution in [2.45, 2.75) is 117 Å². The van der Waals surface area contributed by atoms with Crippen LogP contribution in [0.5, 0.6) is 0 Å². The highest BCUT2D eigenvalue weighted by molar-refractivity contribution is 5.84. The van der Waals surface area contributed by atoms with Crippen molar-refractivity contribution in [1.29, 1.82) is 0 Å². The summed E-state index contributed by atoms with van der Waals surface area (Å²) >= 11 is 0. The summed E-state index contributed by atoms with van der Waals surface area (Å²) in [6, 6.07) is -0.597. The lowest BCUT2D eigenvalue weighted by molar-refractivity contribution is -0.174. The first-order valence-electron chi connectivity index (χ1n) is 14.7. The summed E-state index contributed by atoms with van der Waals surface area (Å²) in [5.41, 5.74) is 0.459. The van der Waals surface area contributed by atoms with Crippen LogP contribution in [0.2, 0.25) is 0 Å². The van der Waals surface area contributed by atoms with Crippen LogP contribution in [0.4, 0.5) is 0 Å². The molecule has 0 heterocycles. The predicted octanol–water partition coefficient (Wildman–Crippen LogP) is 4.71. The molecular weight excluding hydrogens is 454 g/mol. The van der Waals surface area contributed by atoms with Gasteiger partial charge in [0.2, 0.25) is 5.91 Å². The average Bonchev–Trinajstić information content (AvgIpc) is 3.18. The summed E-state index contributed by atoms with van der Waals surface area (Å²) in [6.45, 7) is 11.1. The second-order valence-electron chi connectivity index (χ2n) is 13.8. The van der Waals surface area contributed by atoms with Gasteiger partial charge in [0.25, 0.3) is 0 Å². The van der Waals surface area contributed by atoms with Crippen LogP contribution in [0.3, 0.4) is 0 Å². The van der Waals surface area contributed by atoms with E-state index in [1.807, 2.05) is 13.8 Å². The van der Waals surface area contributed by atoms with E-state index < -0.39 is 6.04 Å². The summed E-state index contributed by atoms with van der Waals surface area (Å²) in [5.74, 6) is 2.42. The fraction of sp³-hybridized carbons (Fsp3) is 0.933. The topological polar surface area (TPSA) is 95.9 Å². The summed E-state index contributed by atoms with van der Waals surface area (Å²) < 4.78 is 4.86. The van der Waals surface area contributed by atoms with Crippen LogP contribution in [-0.2, 0) is 14.3 Å². The van der Waals surface area contributed by atoms with Gasteiger partial charge < -0.3 is 20.3 Å². The molecule has 0 unspecified atom stereocenters. The number of methoxy groups -OCH3 is 1. The van der Waals surface area contributed by atoms with E-state index in [0.29, 0.717) is 41.9 Å². The first-order valence-corrected chi connectivity index (χ1v) is 14.7. The lowest BCUT2D eigenvalue weighted by Gasteiger charge is -2.62. The van der Waals surface area contributed by atoms with E-state index in [1.54, 1.807) is 0 Å². The largest absolute Gasteiger partial charge is 0.467 e. The predicted molar refractivity (Wildman–Crippen MR) is 140 cm³/mol. The molecule has 6 nitrogen and oxygen atoms in total. The monoisotopic (exact) mass is 505 g/mol. The SMILES string of the molecule is COC(=O)[C@H](NC(=O)CC[C@H](C)[C@@H]1CC[C@@H]2[C@H]3[C@H](O)C[C@H]4C[C@@H](O)CC[C@@]4(C)[C@@H]3CC[C@]21C)C(C)C. The van der Waals surface area contributed by atoms with Crippen LogP contribution in [0, 0.1) is 52.3 Å². The second kappa shape index (κ2) is 10.6. The highest BCUT2D eigenvalue weighted by Gasteiger charge is 2.62. The number of rotatable bonds is 7. The third kappa shape index (κ3) is 4.86. The van der Waals surface area contributed by atoms with Gasteiger partial charge in [0.1, 0.15) is 6.04 Å². The van der Waals surface area contributed by atoms with Crippen LogP contribution >= 0.6 is 0 Å². The number of nitrogens with one attached hydrogen (secondary N) is 1. The lowest BCUT2D eigenvalue weighted by atomic mass is 9.43. The van der Waals surface area contributed by atoms with Crippen molar-refractivity contribution in [1.82, 2.24) is 5.32 Å². The fourth-order valence-electron chi connectivity index (χ4n) is 9.61. The number of hydrogen-bond donors (Lipinski definition) is 3. The van der Waals surface area contributed by atoms with Crippen molar-refractivity contribution in [2.75, 3.05) is 7.11 Å². The molecule has 0 bridgehead atoms. The zero-order valence-corrected chi connectivity index (χ0v) is 23.5. The molecule has 0 aromatic heterocycles. The minimum atomic E-state index is -0.597. The Balaban J connectivity index is 1.40. The van der Waals surface area contributed by atoms with Crippen molar-refractivity contribution >= 4 is 11.9 Å². The molecule has 4 saturated carbocycles. The first-order chi connectivity index (χ1) is 16.9. The smallest absolute Gasteiger partial charge is 0.328 e. The highest BCUT2D eigenvalue weighted by Crippen LogP contribution is 2.68. The normalized spacial score (nSPS) is 43.6. The minimum absolute atomic E-state index is 0.0145. The number of carbonyl (C=O) groups is 2. The van der Waals surface area contributed by atoms with E-state index in [-0.39, 0.29) is 40.8 Å². The first kappa shape index (κ1) is 27.9. The Morgan fingerprint density at radius 1 is 0.972 bits per heavy atom. The molecule has 11 atom stereocenters. The van der Waals surface area contributed by atoms with Gasteiger partial charge >= 0.3 is 5.97 Å². The highest BCUT2D eigenvalue weighted by atomic mass is 16.5. The van der Waals surface area contributed by atoms with Crippen molar-refractivity contribution in [3.05, 3.63) is 0 Å². The second-order valence-corrected chi connectivity index (χ2v) is 13.8. The lowest BCUT2D eigenvalue weighted by Crippen LogP contribution is -2.58. The molecule has 0 radical (unpaired) electrons. The van der Waals surface area contributed by atoms with Gasteiger partial charge in [-0.15, -0.1) is 0 Å². The molecule has 0 aliphatic heterocycles. The molecule has 36 heavy (non-hydrogen) atoms. The zero-order chi connectivity index (χ0) is 26.4. The van der Waals surface area contributed by atoms with Crippen molar-refractivity contribution < 1.29 is 24.5 Å². The molecule has 4 fully saturated rings. The standard InChI is InChI=1S/C30H51NO5/c1-17(2)27(28(35)36-6)31-25(34)10-7-18(3)21-8-9-22-26-23(12-14-30(21,22)5)29(4)13-11-20(32)15-19(29)16-24(26)33/h17-24,26-27,32-33H,7-16H2,1-6H3,(H,31,34)/t18-,19+,20-,21-,22+,23+,24+,26+,27+,29+,30-/m0/s1. The molecule has 6 heteroatoms. The Kier molecular flexibility index (Phi) is 8.17. The molecule has 4 rings (SSSR count). The number of aliphatic hydroxyl groups is 2. The third-order valence-corrected chi connectivity index (χ3v) is 11.7. The quantitative estimate of drug-likeness (QED) is 0.436. The number of aliphatic hydroxyl groups excluding tert-OH is 2. The van der Waals surface area contributed by atoms with Gasteiger partial charge in [-0.2, -0.15) is 0 Å². The van der Waals surface area contributed by atoms with Gasteiger partial charge in [0.05, 0.1) is 19.3 Å². The van der Waals surface area contributed by atoms with E-state index in [1.165, 1.54) is 32.8 Å². The fourth-order valence-corrected chi connectivity index (χ4v) is 9.61. The van der Waals surface area contributed by atoms with Gasteiger partial charge in [-0.3, -0.25) is 4.79 Å². The molecular formula is C30H51NO5. The number of carbonyl (C=O) groups excluding carboxylic acids is 2. The molecule has 3 N–H and O–H groups in total. The zero-order valence-electron chi connectivity index (χ0n) is 23.5. The van der Waals surface area contributed by atoms with E-state index in [2.05, 4.69) is 26.1 Å². The summed E-state index contributed by atoms with van der Waals surface area (Å²) in [6.07, 6.45) is 9.23. The van der Waals surface area contributed by atoms with E-state index in [4.69, 9.17) is 4.74 Å². The maximum Gasteiger partial charge on any atom is 0.328 e. The molecule has 0 saturated heterocycles. The molecule has 1 amide bonds. The maximum atomic E-state index is 12.7. The molecule has 4 aliphatic rings. The van der Waals surface area contributed by atoms with Crippen LogP contribution in [-0.4, -0.2) is 47.4 Å². The van der Waals surface area contributed by atoms with Gasteiger partial charge in [0.15, 0.2) is 0 Å². The maximum absolute atomic E-state index is 12.7. The van der Waals surface area contributed by atoms with Crippen LogP contribution < -0.4 is 5.32 Å². The number of ether oxygens (including phenoxy) is 1. The van der Waals surface area contributed by atoms with E-state index >= 15 is 0 Å². The minimum Gasteiger partial charge on any atom is -0.467 e. The number of esters is 1. The van der Waals surface area contributed by atoms with E-state index in [0.717, 1.165) is 32.1 Å². The summed E-state index contributed by atoms with van der Waals surface area (Å²) in [7, 11) is 1.36. The molecule has 0 spiro atoms. The number of fused-ring (bicyclic) bond motifs is 5. The summed E-state index contributed by atoms with van der Waals surface area (Å²) in [5, 5.41) is 24.6. The van der Waals surface area contributed by atoms with E-state index in [9.17, 15) is 19.8 Å². The van der Waals surface area contributed by atoms with Gasteiger partial charge in [0, 0.05) is 6.42 Å². The van der Waals surface area contributed by atoms with Crippen LogP contribution in [0.15, 0.2) is 0 Å². The number of hydrogen-bond acceptors (Lipinski definition) is 5. The van der Waals surface area contributed by atoms with Crippen molar-refractivity contribution in [3.63, 3.8) is 0 Å². The van der Waals surface area contributed by atoms with Crippen molar-refractivity contribution in [3.8, 4) is 0 Å². The Bertz CT molecular complexity index is 815. The van der Waals surface area contributed by atoms with Crippen molar-refractivity contribution in [2.24, 2.45) is 52.3 Å². The molecule has 0 aromatic rings. The number of amides is 1. The molecule has 206 valence electrons. The Morgan fingerprint density at radius 2 is 1.64 bits per heavy atom. The summed E-state index contributed by atoms with van der Waals surface area (Å²) in [4.78, 5) is 24.7. The van der Waals surface area contributed by atoms with Gasteiger partial charge in [-0.25, -0.2) is 4.79 Å².